The number of rotatable bonds is 5. The molecule has 1 amide bonds. The van der Waals surface area contributed by atoms with Crippen molar-refractivity contribution in [2.45, 2.75) is 13.1 Å². The van der Waals surface area contributed by atoms with Crippen LogP contribution in [-0.4, -0.2) is 44.3 Å². The third-order valence-electron chi connectivity index (χ3n) is 2.73. The van der Waals surface area contributed by atoms with Gasteiger partial charge in [-0.25, -0.2) is 0 Å². The van der Waals surface area contributed by atoms with Crippen molar-refractivity contribution in [2.24, 2.45) is 0 Å². The van der Waals surface area contributed by atoms with Crippen LogP contribution in [-0.2, 0) is 0 Å². The Kier molecular flexibility index (Phi) is 5.88. The van der Waals surface area contributed by atoms with Crippen LogP contribution in [0.2, 0.25) is 0 Å². The molecule has 0 N–H and O–H groups in total. The summed E-state index contributed by atoms with van der Waals surface area (Å²) in [6.07, 6.45) is -4.45. The molecule has 0 spiro atoms. The predicted octanol–water partition coefficient (Wildman–Crippen LogP) is 3.49. The van der Waals surface area contributed by atoms with Crippen LogP contribution in [0.5, 0.6) is 11.5 Å². The molecule has 1 rings (SSSR count). The first-order valence-corrected chi connectivity index (χ1v) is 6.80. The number of halogens is 4. The Morgan fingerprint density at radius 2 is 1.71 bits per heavy atom. The molecular formula is C13H15BrF3NO3. The molecule has 0 aliphatic heterocycles. The molecule has 0 bridgehead atoms. The van der Waals surface area contributed by atoms with Gasteiger partial charge in [0.05, 0.1) is 14.2 Å². The Hall–Kier alpha value is -1.44. The molecule has 1 aromatic rings. The quantitative estimate of drug-likeness (QED) is 0.797. The number of amides is 1. The summed E-state index contributed by atoms with van der Waals surface area (Å²) in [5, 5.41) is 0. The fraction of sp³-hybridized carbons (Fsp3) is 0.462. The lowest BCUT2D eigenvalue weighted by atomic mass is 10.1. The van der Waals surface area contributed by atoms with Gasteiger partial charge in [-0.15, -0.1) is 0 Å². The van der Waals surface area contributed by atoms with E-state index in [2.05, 4.69) is 15.9 Å². The van der Waals surface area contributed by atoms with Gasteiger partial charge in [0.25, 0.3) is 5.91 Å². The first-order chi connectivity index (χ1) is 9.73. The van der Waals surface area contributed by atoms with Crippen LogP contribution in [0.3, 0.4) is 0 Å². The fourth-order valence-corrected chi connectivity index (χ4v) is 2.27. The Balaban J connectivity index is 3.16. The Bertz CT molecular complexity index is 495. The number of carbonyl (C=O) groups is 1. The standard InChI is InChI=1S/C13H15BrF3NO3/c1-4-18(7-13(15,16)17)12(19)8-5-9(20-2)11(14)10(6-8)21-3/h5-6H,4,7H2,1-3H3. The lowest BCUT2D eigenvalue weighted by Gasteiger charge is -2.23. The summed E-state index contributed by atoms with van der Waals surface area (Å²) in [7, 11) is 2.78. The lowest BCUT2D eigenvalue weighted by molar-refractivity contribution is -0.140. The molecule has 0 saturated heterocycles. The first-order valence-electron chi connectivity index (χ1n) is 6.01. The third-order valence-corrected chi connectivity index (χ3v) is 3.51. The number of alkyl halides is 3. The summed E-state index contributed by atoms with van der Waals surface area (Å²) in [4.78, 5) is 12.9. The van der Waals surface area contributed by atoms with Gasteiger partial charge in [0, 0.05) is 12.1 Å². The van der Waals surface area contributed by atoms with Crippen molar-refractivity contribution in [2.75, 3.05) is 27.3 Å². The van der Waals surface area contributed by atoms with E-state index in [0.717, 1.165) is 0 Å². The highest BCUT2D eigenvalue weighted by molar-refractivity contribution is 9.10. The molecule has 4 nitrogen and oxygen atoms in total. The molecule has 21 heavy (non-hydrogen) atoms. The van der Waals surface area contributed by atoms with E-state index in [9.17, 15) is 18.0 Å². The first kappa shape index (κ1) is 17.6. The monoisotopic (exact) mass is 369 g/mol. The number of ether oxygens (including phenoxy) is 2. The second kappa shape index (κ2) is 7.02. The van der Waals surface area contributed by atoms with Crippen LogP contribution in [0, 0.1) is 0 Å². The fourth-order valence-electron chi connectivity index (χ4n) is 1.72. The highest BCUT2D eigenvalue weighted by Crippen LogP contribution is 2.36. The largest absolute Gasteiger partial charge is 0.495 e. The van der Waals surface area contributed by atoms with Gasteiger partial charge < -0.3 is 14.4 Å². The summed E-state index contributed by atoms with van der Waals surface area (Å²) in [6, 6.07) is 2.74. The normalized spacial score (nSPS) is 11.2. The van der Waals surface area contributed by atoms with E-state index in [0.29, 0.717) is 20.9 Å². The molecular weight excluding hydrogens is 355 g/mol. The van der Waals surface area contributed by atoms with E-state index in [1.807, 2.05) is 0 Å². The van der Waals surface area contributed by atoms with Crippen LogP contribution < -0.4 is 9.47 Å². The molecule has 118 valence electrons. The summed E-state index contributed by atoms with van der Waals surface area (Å²) in [6.45, 7) is 0.124. The predicted molar refractivity (Wildman–Crippen MR) is 74.9 cm³/mol. The smallest absolute Gasteiger partial charge is 0.406 e. The number of nitrogens with zero attached hydrogens (tertiary/aromatic N) is 1. The Morgan fingerprint density at radius 1 is 1.24 bits per heavy atom. The van der Waals surface area contributed by atoms with E-state index in [-0.39, 0.29) is 12.1 Å². The molecule has 0 unspecified atom stereocenters. The van der Waals surface area contributed by atoms with Crippen molar-refractivity contribution in [1.29, 1.82) is 0 Å². The molecule has 0 aliphatic rings. The van der Waals surface area contributed by atoms with Crippen LogP contribution in [0.1, 0.15) is 17.3 Å². The van der Waals surface area contributed by atoms with Crippen molar-refractivity contribution >= 4 is 21.8 Å². The zero-order chi connectivity index (χ0) is 16.2. The zero-order valence-corrected chi connectivity index (χ0v) is 13.3. The molecule has 0 aromatic heterocycles. The van der Waals surface area contributed by atoms with Gasteiger partial charge in [0.15, 0.2) is 0 Å². The summed E-state index contributed by atoms with van der Waals surface area (Å²) >= 11 is 3.23. The summed E-state index contributed by atoms with van der Waals surface area (Å²) in [5.74, 6) is -0.125. The van der Waals surface area contributed by atoms with Gasteiger partial charge >= 0.3 is 6.18 Å². The van der Waals surface area contributed by atoms with E-state index in [1.54, 1.807) is 0 Å². The molecule has 0 radical (unpaired) electrons. The van der Waals surface area contributed by atoms with Crippen LogP contribution >= 0.6 is 15.9 Å². The highest BCUT2D eigenvalue weighted by Gasteiger charge is 2.33. The molecule has 0 atom stereocenters. The van der Waals surface area contributed by atoms with Gasteiger partial charge in [-0.05, 0) is 35.0 Å². The number of carbonyl (C=O) groups excluding carboxylic acids is 1. The Morgan fingerprint density at radius 3 is 2.05 bits per heavy atom. The van der Waals surface area contributed by atoms with Crippen molar-refractivity contribution in [1.82, 2.24) is 4.90 Å². The number of hydrogen-bond acceptors (Lipinski definition) is 3. The average Bonchev–Trinajstić information content (AvgIpc) is 2.43. The summed E-state index contributed by atoms with van der Waals surface area (Å²) in [5.41, 5.74) is 0.0676. The van der Waals surface area contributed by atoms with E-state index in [4.69, 9.17) is 9.47 Å². The minimum absolute atomic E-state index is 0.0565. The van der Waals surface area contributed by atoms with Crippen molar-refractivity contribution in [3.63, 3.8) is 0 Å². The number of benzene rings is 1. The van der Waals surface area contributed by atoms with E-state index >= 15 is 0 Å². The molecule has 0 saturated carbocycles. The second-order valence-electron chi connectivity index (χ2n) is 4.13. The number of methoxy groups -OCH3 is 2. The van der Waals surface area contributed by atoms with Gasteiger partial charge in [0.1, 0.15) is 22.5 Å². The van der Waals surface area contributed by atoms with Crippen molar-refractivity contribution in [3.8, 4) is 11.5 Å². The molecule has 1 aromatic carbocycles. The van der Waals surface area contributed by atoms with Crippen LogP contribution in [0.25, 0.3) is 0 Å². The van der Waals surface area contributed by atoms with Crippen LogP contribution in [0.15, 0.2) is 16.6 Å². The third kappa shape index (κ3) is 4.52. The molecule has 8 heteroatoms. The van der Waals surface area contributed by atoms with Gasteiger partial charge in [-0.3, -0.25) is 4.79 Å². The maximum atomic E-state index is 12.5. The lowest BCUT2D eigenvalue weighted by Crippen LogP contribution is -2.38. The maximum absolute atomic E-state index is 12.5. The topological polar surface area (TPSA) is 38.8 Å². The zero-order valence-electron chi connectivity index (χ0n) is 11.8. The van der Waals surface area contributed by atoms with Crippen LogP contribution in [0.4, 0.5) is 13.2 Å². The SMILES string of the molecule is CCN(CC(F)(F)F)C(=O)c1cc(OC)c(Br)c(OC)c1. The summed E-state index contributed by atoms with van der Waals surface area (Å²) < 4.78 is 48.1. The minimum atomic E-state index is -4.45. The average molecular weight is 370 g/mol. The van der Waals surface area contributed by atoms with Gasteiger partial charge in [-0.1, -0.05) is 0 Å². The van der Waals surface area contributed by atoms with E-state index in [1.165, 1.54) is 33.3 Å². The molecule has 0 aliphatic carbocycles. The van der Waals surface area contributed by atoms with Crippen molar-refractivity contribution in [3.05, 3.63) is 22.2 Å². The van der Waals surface area contributed by atoms with Crippen molar-refractivity contribution < 1.29 is 27.4 Å². The maximum Gasteiger partial charge on any atom is 0.406 e. The van der Waals surface area contributed by atoms with Gasteiger partial charge in [0.2, 0.25) is 0 Å². The second-order valence-corrected chi connectivity index (χ2v) is 4.92. The van der Waals surface area contributed by atoms with E-state index < -0.39 is 18.6 Å². The Labute approximate surface area is 128 Å². The molecule has 0 fully saturated rings. The van der Waals surface area contributed by atoms with Gasteiger partial charge in [-0.2, -0.15) is 13.2 Å². The number of hydrogen-bond donors (Lipinski definition) is 0. The minimum Gasteiger partial charge on any atom is -0.495 e. The molecule has 0 heterocycles. The highest BCUT2D eigenvalue weighted by atomic mass is 79.9.